The van der Waals surface area contributed by atoms with Crippen LogP contribution in [0.2, 0.25) is 0 Å². The van der Waals surface area contributed by atoms with Crippen LogP contribution in [-0.4, -0.2) is 24.3 Å². The van der Waals surface area contributed by atoms with Gasteiger partial charge in [0.15, 0.2) is 0 Å². The van der Waals surface area contributed by atoms with Gasteiger partial charge in [-0.1, -0.05) is 6.07 Å². The summed E-state index contributed by atoms with van der Waals surface area (Å²) in [7, 11) is 0. The maximum atomic E-state index is 11.9. The topological polar surface area (TPSA) is 49.3 Å². The third-order valence-electron chi connectivity index (χ3n) is 1.82. The number of hydrogen-bond acceptors (Lipinski definition) is 2. The summed E-state index contributed by atoms with van der Waals surface area (Å²) in [6.07, 6.45) is 0. The summed E-state index contributed by atoms with van der Waals surface area (Å²) in [6.45, 7) is 1.46. The van der Waals surface area contributed by atoms with E-state index in [1.165, 1.54) is 6.07 Å². The molecular weight excluding hydrogens is 185 g/mol. The highest BCUT2D eigenvalue weighted by Crippen LogP contribution is 2.17. The van der Waals surface area contributed by atoms with Crippen molar-refractivity contribution in [1.29, 1.82) is 0 Å². The lowest BCUT2D eigenvalue weighted by molar-refractivity contribution is 0.0698. The second-order valence-corrected chi connectivity index (χ2v) is 2.97. The Morgan fingerprint density at radius 2 is 2.29 bits per heavy atom. The summed E-state index contributed by atoms with van der Waals surface area (Å²) in [5.74, 6) is -1.01. The van der Waals surface area contributed by atoms with Gasteiger partial charge in [-0.15, -0.1) is 0 Å². The summed E-state index contributed by atoms with van der Waals surface area (Å²) in [6, 6.07) is 4.92. The van der Waals surface area contributed by atoms with Crippen molar-refractivity contribution >= 4 is 11.7 Å². The number of halogens is 1. The molecule has 1 aromatic rings. The van der Waals surface area contributed by atoms with Crippen molar-refractivity contribution in [3.63, 3.8) is 0 Å². The first kappa shape index (κ1) is 10.5. The number of nitrogens with one attached hydrogen (secondary N) is 1. The highest BCUT2D eigenvalue weighted by atomic mass is 19.1. The molecule has 0 unspecified atom stereocenters. The fourth-order valence-corrected chi connectivity index (χ4v) is 1.17. The molecule has 0 bridgehead atoms. The number of carboxylic acids is 1. The van der Waals surface area contributed by atoms with Crippen LogP contribution in [0.5, 0.6) is 0 Å². The molecule has 0 aliphatic carbocycles. The van der Waals surface area contributed by atoms with E-state index in [-0.39, 0.29) is 12.1 Å². The Morgan fingerprint density at radius 1 is 1.57 bits per heavy atom. The maximum Gasteiger partial charge on any atom is 0.337 e. The van der Waals surface area contributed by atoms with Crippen molar-refractivity contribution in [3.05, 3.63) is 29.3 Å². The zero-order valence-corrected chi connectivity index (χ0v) is 7.88. The number of anilines is 1. The molecule has 0 fully saturated rings. The Balaban J connectivity index is 2.97. The Labute approximate surface area is 81.6 Å². The standard InChI is InChI=1S/C10H12FNO2/c1-7-2-3-8(10(13)14)9(6-7)12-5-4-11/h2-3,6,12H,4-5H2,1H3,(H,13,14). The van der Waals surface area contributed by atoms with E-state index >= 15 is 0 Å². The fourth-order valence-electron chi connectivity index (χ4n) is 1.17. The van der Waals surface area contributed by atoms with Gasteiger partial charge >= 0.3 is 5.97 Å². The first-order valence-electron chi connectivity index (χ1n) is 4.29. The van der Waals surface area contributed by atoms with Crippen molar-refractivity contribution < 1.29 is 14.3 Å². The van der Waals surface area contributed by atoms with Crippen LogP contribution < -0.4 is 5.32 Å². The molecule has 76 valence electrons. The summed E-state index contributed by atoms with van der Waals surface area (Å²) < 4.78 is 11.9. The minimum atomic E-state index is -1.01. The third-order valence-corrected chi connectivity index (χ3v) is 1.82. The number of aryl methyl sites for hydroxylation is 1. The minimum Gasteiger partial charge on any atom is -0.478 e. The molecule has 0 radical (unpaired) electrons. The molecule has 3 nitrogen and oxygen atoms in total. The zero-order valence-electron chi connectivity index (χ0n) is 7.88. The molecule has 0 atom stereocenters. The zero-order chi connectivity index (χ0) is 10.6. The molecule has 0 aliphatic heterocycles. The van der Waals surface area contributed by atoms with Gasteiger partial charge in [-0.05, 0) is 24.6 Å². The van der Waals surface area contributed by atoms with Crippen LogP contribution in [0.4, 0.5) is 10.1 Å². The number of hydrogen-bond donors (Lipinski definition) is 2. The molecule has 0 spiro atoms. The molecule has 14 heavy (non-hydrogen) atoms. The van der Waals surface area contributed by atoms with E-state index in [2.05, 4.69) is 5.32 Å². The first-order valence-corrected chi connectivity index (χ1v) is 4.29. The van der Waals surface area contributed by atoms with Crippen molar-refractivity contribution in [2.45, 2.75) is 6.92 Å². The average Bonchev–Trinajstić information content (AvgIpc) is 2.14. The van der Waals surface area contributed by atoms with Crippen molar-refractivity contribution in [1.82, 2.24) is 0 Å². The maximum absolute atomic E-state index is 11.9. The number of carboxylic acid groups (broad SMARTS) is 1. The Morgan fingerprint density at radius 3 is 2.86 bits per heavy atom. The van der Waals surface area contributed by atoms with Crippen LogP contribution in [0.25, 0.3) is 0 Å². The summed E-state index contributed by atoms with van der Waals surface area (Å²) in [5.41, 5.74) is 1.58. The summed E-state index contributed by atoms with van der Waals surface area (Å²) >= 11 is 0. The Bertz CT molecular complexity index is 339. The van der Waals surface area contributed by atoms with Gasteiger partial charge in [0.2, 0.25) is 0 Å². The number of benzene rings is 1. The monoisotopic (exact) mass is 197 g/mol. The van der Waals surface area contributed by atoms with Gasteiger partial charge < -0.3 is 10.4 Å². The van der Waals surface area contributed by atoms with Gasteiger partial charge in [-0.2, -0.15) is 0 Å². The van der Waals surface area contributed by atoms with E-state index in [0.29, 0.717) is 5.69 Å². The van der Waals surface area contributed by atoms with Gasteiger partial charge in [0.05, 0.1) is 5.56 Å². The molecule has 4 heteroatoms. The normalized spacial score (nSPS) is 9.86. The van der Waals surface area contributed by atoms with E-state index in [4.69, 9.17) is 5.11 Å². The van der Waals surface area contributed by atoms with Crippen molar-refractivity contribution in [2.75, 3.05) is 18.5 Å². The molecule has 0 aliphatic rings. The van der Waals surface area contributed by atoms with Crippen LogP contribution in [0.1, 0.15) is 15.9 Å². The second-order valence-electron chi connectivity index (χ2n) is 2.97. The number of rotatable bonds is 4. The van der Waals surface area contributed by atoms with Gasteiger partial charge in [-0.3, -0.25) is 0 Å². The Kier molecular flexibility index (Phi) is 3.45. The minimum absolute atomic E-state index is 0.129. The van der Waals surface area contributed by atoms with Crippen molar-refractivity contribution in [2.24, 2.45) is 0 Å². The van der Waals surface area contributed by atoms with Gasteiger partial charge in [-0.25, -0.2) is 9.18 Å². The van der Waals surface area contributed by atoms with Gasteiger partial charge in [0.25, 0.3) is 0 Å². The summed E-state index contributed by atoms with van der Waals surface area (Å²) in [5, 5.41) is 11.6. The smallest absolute Gasteiger partial charge is 0.337 e. The first-order chi connectivity index (χ1) is 6.65. The lowest BCUT2D eigenvalue weighted by Crippen LogP contribution is -2.08. The molecule has 0 amide bonds. The predicted molar refractivity (Wildman–Crippen MR) is 52.6 cm³/mol. The SMILES string of the molecule is Cc1ccc(C(=O)O)c(NCCF)c1. The molecule has 1 rings (SSSR count). The van der Waals surface area contributed by atoms with E-state index in [9.17, 15) is 9.18 Å². The fraction of sp³-hybridized carbons (Fsp3) is 0.300. The molecular formula is C10H12FNO2. The van der Waals surface area contributed by atoms with E-state index in [0.717, 1.165) is 5.56 Å². The average molecular weight is 197 g/mol. The van der Waals surface area contributed by atoms with Crippen LogP contribution in [-0.2, 0) is 0 Å². The Hall–Kier alpha value is -1.58. The van der Waals surface area contributed by atoms with Crippen LogP contribution in [0.15, 0.2) is 18.2 Å². The third kappa shape index (κ3) is 2.45. The van der Waals surface area contributed by atoms with E-state index < -0.39 is 12.6 Å². The van der Waals surface area contributed by atoms with Gasteiger partial charge in [0.1, 0.15) is 6.67 Å². The molecule has 0 saturated carbocycles. The quantitative estimate of drug-likeness (QED) is 0.776. The van der Waals surface area contributed by atoms with Crippen LogP contribution in [0.3, 0.4) is 0 Å². The molecule has 0 aromatic heterocycles. The van der Waals surface area contributed by atoms with Gasteiger partial charge in [0, 0.05) is 12.2 Å². The lowest BCUT2D eigenvalue weighted by atomic mass is 10.1. The predicted octanol–water partition coefficient (Wildman–Crippen LogP) is 2.07. The molecule has 1 aromatic carbocycles. The second kappa shape index (κ2) is 4.60. The van der Waals surface area contributed by atoms with Crippen LogP contribution >= 0.6 is 0 Å². The summed E-state index contributed by atoms with van der Waals surface area (Å²) in [4.78, 5) is 10.8. The largest absolute Gasteiger partial charge is 0.478 e. The number of carbonyl (C=O) groups is 1. The molecule has 0 saturated heterocycles. The number of aromatic carboxylic acids is 1. The van der Waals surface area contributed by atoms with E-state index in [1.807, 2.05) is 6.92 Å². The lowest BCUT2D eigenvalue weighted by Gasteiger charge is -2.08. The molecule has 2 N–H and O–H groups in total. The van der Waals surface area contributed by atoms with Crippen molar-refractivity contribution in [3.8, 4) is 0 Å². The molecule has 0 heterocycles. The van der Waals surface area contributed by atoms with Crippen LogP contribution in [0, 0.1) is 6.92 Å². The number of alkyl halides is 1. The highest BCUT2D eigenvalue weighted by Gasteiger charge is 2.08. The van der Waals surface area contributed by atoms with E-state index in [1.54, 1.807) is 12.1 Å². The highest BCUT2D eigenvalue weighted by molar-refractivity contribution is 5.94.